The van der Waals surface area contributed by atoms with Crippen LogP contribution < -0.4 is 5.32 Å². The molecule has 0 spiro atoms. The average molecular weight is 298 g/mol. The Morgan fingerprint density at radius 1 is 1.32 bits per heavy atom. The molecule has 0 radical (unpaired) electrons. The molecule has 1 atom stereocenters. The molecule has 0 aliphatic rings. The van der Waals surface area contributed by atoms with Crippen molar-refractivity contribution in [3.05, 3.63) is 48.6 Å². The Kier molecular flexibility index (Phi) is 3.86. The van der Waals surface area contributed by atoms with Crippen LogP contribution in [0.5, 0.6) is 0 Å². The first-order chi connectivity index (χ1) is 10.7. The van der Waals surface area contributed by atoms with Gasteiger partial charge in [-0.2, -0.15) is 0 Å². The van der Waals surface area contributed by atoms with E-state index in [1.807, 2.05) is 24.0 Å². The number of carbonyl (C=O) groups excluding carboxylic acids is 1. The number of nitrogens with one attached hydrogen (secondary N) is 1. The fourth-order valence-corrected chi connectivity index (χ4v) is 2.44. The maximum atomic E-state index is 12.5. The van der Waals surface area contributed by atoms with E-state index in [4.69, 9.17) is 0 Å². The first kappa shape index (κ1) is 14.2. The van der Waals surface area contributed by atoms with E-state index < -0.39 is 0 Å². The third-order valence-corrected chi connectivity index (χ3v) is 3.52. The summed E-state index contributed by atoms with van der Waals surface area (Å²) in [5.74, 6) is 1.14. The molecule has 0 aliphatic carbocycles. The molecule has 0 fully saturated rings. The molecule has 0 saturated heterocycles. The average Bonchev–Trinajstić information content (AvgIpc) is 3.12. The van der Waals surface area contributed by atoms with Crippen LogP contribution in [0, 0.1) is 0 Å². The van der Waals surface area contributed by atoms with Crippen LogP contribution in [-0.2, 0) is 7.05 Å². The molecule has 0 unspecified atom stereocenters. The standard InChI is InChI=1S/C15H18N6O/c1-3-5-11(13-16-7-9-20(13)2)18-14(22)12-10-21-8-4-6-17-15(21)19-12/h4,6-11H,3,5H2,1-2H3,(H,18,22)/t11-/m0/s1. The Labute approximate surface area is 128 Å². The smallest absolute Gasteiger partial charge is 0.272 e. The Bertz CT molecular complexity index is 757. The molecule has 1 N–H and O–H groups in total. The number of aryl methyl sites for hydroxylation is 1. The fraction of sp³-hybridized carbons (Fsp3) is 0.333. The van der Waals surface area contributed by atoms with Crippen LogP contribution in [-0.4, -0.2) is 29.8 Å². The molecule has 22 heavy (non-hydrogen) atoms. The maximum Gasteiger partial charge on any atom is 0.272 e. The van der Waals surface area contributed by atoms with Gasteiger partial charge in [0, 0.05) is 38.0 Å². The highest BCUT2D eigenvalue weighted by Gasteiger charge is 2.20. The third-order valence-electron chi connectivity index (χ3n) is 3.52. The summed E-state index contributed by atoms with van der Waals surface area (Å²) in [6.45, 7) is 2.08. The highest BCUT2D eigenvalue weighted by molar-refractivity contribution is 5.92. The van der Waals surface area contributed by atoms with Crippen LogP contribution in [0.4, 0.5) is 0 Å². The second-order valence-corrected chi connectivity index (χ2v) is 5.16. The van der Waals surface area contributed by atoms with Gasteiger partial charge in [0.1, 0.15) is 11.5 Å². The zero-order valence-corrected chi connectivity index (χ0v) is 12.6. The van der Waals surface area contributed by atoms with Crippen molar-refractivity contribution in [3.63, 3.8) is 0 Å². The van der Waals surface area contributed by atoms with Gasteiger partial charge in [0.15, 0.2) is 0 Å². The van der Waals surface area contributed by atoms with E-state index >= 15 is 0 Å². The van der Waals surface area contributed by atoms with Gasteiger partial charge in [-0.1, -0.05) is 13.3 Å². The molecular formula is C15H18N6O. The van der Waals surface area contributed by atoms with Crippen LogP contribution in [0.1, 0.15) is 42.1 Å². The molecule has 0 saturated carbocycles. The topological polar surface area (TPSA) is 77.1 Å². The Balaban J connectivity index is 1.83. The molecule has 3 rings (SSSR count). The number of carbonyl (C=O) groups is 1. The zero-order chi connectivity index (χ0) is 15.5. The van der Waals surface area contributed by atoms with Crippen molar-refractivity contribution in [2.24, 2.45) is 7.05 Å². The van der Waals surface area contributed by atoms with E-state index in [1.165, 1.54) is 0 Å². The van der Waals surface area contributed by atoms with E-state index in [-0.39, 0.29) is 11.9 Å². The summed E-state index contributed by atoms with van der Waals surface area (Å²) in [6, 6.07) is 1.67. The lowest BCUT2D eigenvalue weighted by atomic mass is 10.1. The monoisotopic (exact) mass is 298 g/mol. The van der Waals surface area contributed by atoms with Gasteiger partial charge in [-0.25, -0.2) is 15.0 Å². The number of amides is 1. The Morgan fingerprint density at radius 3 is 2.86 bits per heavy atom. The molecule has 0 bridgehead atoms. The molecular weight excluding hydrogens is 280 g/mol. The molecule has 3 aromatic rings. The minimum Gasteiger partial charge on any atom is -0.341 e. The van der Waals surface area contributed by atoms with Crippen molar-refractivity contribution in [2.75, 3.05) is 0 Å². The number of hydrogen-bond donors (Lipinski definition) is 1. The molecule has 3 heterocycles. The number of aromatic nitrogens is 5. The molecule has 1 amide bonds. The van der Waals surface area contributed by atoms with Gasteiger partial charge in [0.2, 0.25) is 5.78 Å². The maximum absolute atomic E-state index is 12.5. The predicted octanol–water partition coefficient (Wildman–Crippen LogP) is 1.73. The third kappa shape index (κ3) is 2.69. The number of rotatable bonds is 5. The fourth-order valence-electron chi connectivity index (χ4n) is 2.44. The predicted molar refractivity (Wildman–Crippen MR) is 81.3 cm³/mol. The summed E-state index contributed by atoms with van der Waals surface area (Å²) in [5.41, 5.74) is 0.356. The highest BCUT2D eigenvalue weighted by Crippen LogP contribution is 2.17. The number of imidazole rings is 2. The zero-order valence-electron chi connectivity index (χ0n) is 12.6. The van der Waals surface area contributed by atoms with Gasteiger partial charge >= 0.3 is 0 Å². The van der Waals surface area contributed by atoms with Gasteiger partial charge in [-0.05, 0) is 12.5 Å². The normalized spacial score (nSPS) is 12.5. The van der Waals surface area contributed by atoms with Crippen molar-refractivity contribution >= 4 is 11.7 Å². The summed E-state index contributed by atoms with van der Waals surface area (Å²) in [5, 5.41) is 3.01. The second-order valence-electron chi connectivity index (χ2n) is 5.16. The van der Waals surface area contributed by atoms with Gasteiger partial charge in [-0.3, -0.25) is 9.20 Å². The number of nitrogens with zero attached hydrogens (tertiary/aromatic N) is 5. The number of fused-ring (bicyclic) bond motifs is 1. The Hall–Kier alpha value is -2.70. The van der Waals surface area contributed by atoms with Gasteiger partial charge in [0.05, 0.1) is 6.04 Å². The molecule has 114 valence electrons. The van der Waals surface area contributed by atoms with Gasteiger partial charge < -0.3 is 9.88 Å². The largest absolute Gasteiger partial charge is 0.341 e. The van der Waals surface area contributed by atoms with Crippen LogP contribution in [0.2, 0.25) is 0 Å². The summed E-state index contributed by atoms with van der Waals surface area (Å²) >= 11 is 0. The molecule has 7 heteroatoms. The summed E-state index contributed by atoms with van der Waals surface area (Å²) < 4.78 is 3.65. The highest BCUT2D eigenvalue weighted by atomic mass is 16.2. The van der Waals surface area contributed by atoms with Gasteiger partial charge in [-0.15, -0.1) is 0 Å². The van der Waals surface area contributed by atoms with Crippen LogP contribution in [0.25, 0.3) is 5.78 Å². The lowest BCUT2D eigenvalue weighted by Gasteiger charge is -2.17. The van der Waals surface area contributed by atoms with E-state index in [2.05, 4.69) is 27.2 Å². The Morgan fingerprint density at radius 2 is 2.18 bits per heavy atom. The quantitative estimate of drug-likeness (QED) is 0.778. The first-order valence-corrected chi connectivity index (χ1v) is 7.27. The molecule has 3 aromatic heterocycles. The first-order valence-electron chi connectivity index (χ1n) is 7.27. The minimum absolute atomic E-state index is 0.129. The molecule has 0 aromatic carbocycles. The van der Waals surface area contributed by atoms with Crippen molar-refractivity contribution in [1.82, 2.24) is 29.2 Å². The van der Waals surface area contributed by atoms with Crippen molar-refractivity contribution in [2.45, 2.75) is 25.8 Å². The van der Waals surface area contributed by atoms with E-state index in [9.17, 15) is 4.79 Å². The summed E-state index contributed by atoms with van der Waals surface area (Å²) in [6.07, 6.45) is 10.5. The van der Waals surface area contributed by atoms with Crippen LogP contribution in [0.3, 0.4) is 0 Å². The van der Waals surface area contributed by atoms with Crippen molar-refractivity contribution in [1.29, 1.82) is 0 Å². The molecule has 0 aliphatic heterocycles. The molecule has 7 nitrogen and oxygen atoms in total. The van der Waals surface area contributed by atoms with Crippen LogP contribution in [0.15, 0.2) is 37.1 Å². The van der Waals surface area contributed by atoms with Gasteiger partial charge in [0.25, 0.3) is 5.91 Å². The summed E-state index contributed by atoms with van der Waals surface area (Å²) in [7, 11) is 1.92. The second kappa shape index (κ2) is 5.97. The lowest BCUT2D eigenvalue weighted by Crippen LogP contribution is -2.30. The van der Waals surface area contributed by atoms with E-state index in [0.29, 0.717) is 11.5 Å². The SMILES string of the molecule is CCC[C@H](NC(=O)c1cn2cccnc2n1)c1nccn1C. The van der Waals surface area contributed by atoms with Crippen LogP contribution >= 0.6 is 0 Å². The van der Waals surface area contributed by atoms with Crippen molar-refractivity contribution < 1.29 is 4.79 Å². The summed E-state index contributed by atoms with van der Waals surface area (Å²) in [4.78, 5) is 25.2. The van der Waals surface area contributed by atoms with E-state index in [0.717, 1.165) is 18.7 Å². The van der Waals surface area contributed by atoms with Crippen molar-refractivity contribution in [3.8, 4) is 0 Å². The minimum atomic E-state index is -0.216. The lowest BCUT2D eigenvalue weighted by molar-refractivity contribution is 0.0927. The van der Waals surface area contributed by atoms with E-state index in [1.54, 1.807) is 29.1 Å². The number of hydrogen-bond acceptors (Lipinski definition) is 4.